The van der Waals surface area contributed by atoms with Crippen LogP contribution in [0.1, 0.15) is 24.5 Å². The Kier molecular flexibility index (Phi) is 4.71. The third-order valence-corrected chi connectivity index (χ3v) is 5.73. The molecule has 1 saturated carbocycles. The first-order valence-corrected chi connectivity index (χ1v) is 9.64. The second kappa shape index (κ2) is 7.16. The van der Waals surface area contributed by atoms with Crippen LogP contribution < -0.4 is 5.56 Å². The number of piperazine rings is 1. The molecule has 1 saturated heterocycles. The molecule has 1 aromatic heterocycles. The lowest BCUT2D eigenvalue weighted by Crippen LogP contribution is -2.48. The molecule has 2 atom stereocenters. The second-order valence-electron chi connectivity index (χ2n) is 7.58. The summed E-state index contributed by atoms with van der Waals surface area (Å²) < 4.78 is 0. The number of benzene rings is 1. The van der Waals surface area contributed by atoms with Gasteiger partial charge in [0.25, 0.3) is 5.56 Å². The molecule has 140 valence electrons. The lowest BCUT2D eigenvalue weighted by Gasteiger charge is -2.35. The van der Waals surface area contributed by atoms with E-state index in [9.17, 15) is 9.59 Å². The number of hydrogen-bond acceptors (Lipinski definition) is 4. The Bertz CT molecular complexity index is 966. The van der Waals surface area contributed by atoms with E-state index in [0.29, 0.717) is 0 Å². The van der Waals surface area contributed by atoms with Crippen molar-refractivity contribution in [3.63, 3.8) is 0 Å². The maximum absolute atomic E-state index is 12.3. The van der Waals surface area contributed by atoms with Crippen molar-refractivity contribution in [3.8, 4) is 6.07 Å². The number of carbonyl (C=O) groups excluding carboxylic acids is 1. The normalized spacial score (nSPS) is 22.6. The van der Waals surface area contributed by atoms with Crippen LogP contribution in [0.4, 0.5) is 0 Å². The average Bonchev–Trinajstić information content (AvgIpc) is 3.47. The van der Waals surface area contributed by atoms with E-state index in [-0.39, 0.29) is 23.3 Å². The minimum absolute atomic E-state index is 0.00924. The quantitative estimate of drug-likeness (QED) is 0.898. The van der Waals surface area contributed by atoms with Gasteiger partial charge < -0.3 is 9.88 Å². The molecular weight excluding hydrogens is 340 g/mol. The molecule has 1 aliphatic heterocycles. The lowest BCUT2D eigenvalue weighted by atomic mass is 10.1. The molecule has 6 nitrogen and oxygen atoms in total. The topological polar surface area (TPSA) is 80.2 Å². The van der Waals surface area contributed by atoms with Gasteiger partial charge in [-0.3, -0.25) is 14.5 Å². The summed E-state index contributed by atoms with van der Waals surface area (Å²) in [6.07, 6.45) is 1.45. The standard InChI is InChI=1S/C21H24N4O2/c1-2-15-10-16-4-3-14(9-19(16)23-20(15)26)13-24-5-7-25(8-6-24)21(27)18-11-17(18)12-22/h3-4,9-10,17-18H,2,5-8,11,13H2,1H3,(H,23,26)/t17-,18?/m1/s1. The fourth-order valence-electron chi connectivity index (χ4n) is 3.88. The van der Waals surface area contributed by atoms with Gasteiger partial charge in [0.15, 0.2) is 0 Å². The highest BCUT2D eigenvalue weighted by molar-refractivity contribution is 5.82. The van der Waals surface area contributed by atoms with Gasteiger partial charge in [-0.25, -0.2) is 0 Å². The number of carbonyl (C=O) groups is 1. The summed E-state index contributed by atoms with van der Waals surface area (Å²) in [4.78, 5) is 31.6. The van der Waals surface area contributed by atoms with Gasteiger partial charge in [0.1, 0.15) is 0 Å². The minimum Gasteiger partial charge on any atom is -0.340 e. The number of aromatic nitrogens is 1. The number of nitrogens with one attached hydrogen (secondary N) is 1. The number of pyridine rings is 1. The molecule has 2 heterocycles. The highest BCUT2D eigenvalue weighted by Gasteiger charge is 2.45. The van der Waals surface area contributed by atoms with Crippen LogP contribution in [0.5, 0.6) is 0 Å². The SMILES string of the molecule is CCc1cc2ccc(CN3CCN(C(=O)C4C[C@@H]4C#N)CC3)cc2[nH]c1=O. The summed E-state index contributed by atoms with van der Waals surface area (Å²) in [5.41, 5.74) is 2.84. The van der Waals surface area contributed by atoms with Crippen molar-refractivity contribution in [1.29, 1.82) is 5.26 Å². The van der Waals surface area contributed by atoms with Gasteiger partial charge in [0.05, 0.1) is 17.9 Å². The zero-order valence-corrected chi connectivity index (χ0v) is 15.6. The third kappa shape index (κ3) is 3.60. The number of amides is 1. The van der Waals surface area contributed by atoms with E-state index >= 15 is 0 Å². The molecule has 1 aromatic carbocycles. The fourth-order valence-corrected chi connectivity index (χ4v) is 3.88. The van der Waals surface area contributed by atoms with Crippen LogP contribution >= 0.6 is 0 Å². The predicted molar refractivity (Wildman–Crippen MR) is 103 cm³/mol. The van der Waals surface area contributed by atoms with Crippen molar-refractivity contribution >= 4 is 16.8 Å². The van der Waals surface area contributed by atoms with Crippen molar-refractivity contribution in [2.24, 2.45) is 11.8 Å². The van der Waals surface area contributed by atoms with Crippen molar-refractivity contribution in [2.45, 2.75) is 26.3 Å². The number of aryl methyl sites for hydroxylation is 1. The number of hydrogen-bond donors (Lipinski definition) is 1. The fraction of sp³-hybridized carbons (Fsp3) is 0.476. The zero-order chi connectivity index (χ0) is 19.0. The molecule has 6 heteroatoms. The van der Waals surface area contributed by atoms with E-state index in [1.807, 2.05) is 17.9 Å². The van der Waals surface area contributed by atoms with E-state index in [2.05, 4.69) is 34.2 Å². The van der Waals surface area contributed by atoms with Crippen molar-refractivity contribution in [1.82, 2.24) is 14.8 Å². The molecule has 4 rings (SSSR count). The Morgan fingerprint density at radius 1 is 1.26 bits per heavy atom. The molecule has 0 spiro atoms. The van der Waals surface area contributed by atoms with Gasteiger partial charge in [-0.15, -0.1) is 0 Å². The number of aromatic amines is 1. The molecule has 1 amide bonds. The summed E-state index contributed by atoms with van der Waals surface area (Å²) >= 11 is 0. The Morgan fingerprint density at radius 2 is 2.04 bits per heavy atom. The molecule has 2 aliphatic rings. The molecule has 1 N–H and O–H groups in total. The summed E-state index contributed by atoms with van der Waals surface area (Å²) in [5, 5.41) is 9.96. The Hall–Kier alpha value is -2.65. The first-order valence-electron chi connectivity index (χ1n) is 9.64. The van der Waals surface area contributed by atoms with Crippen LogP contribution in [0, 0.1) is 23.2 Å². The van der Waals surface area contributed by atoms with Crippen molar-refractivity contribution < 1.29 is 4.79 Å². The molecule has 2 aromatic rings. The highest BCUT2D eigenvalue weighted by atomic mass is 16.2. The van der Waals surface area contributed by atoms with Crippen LogP contribution in [0.2, 0.25) is 0 Å². The largest absolute Gasteiger partial charge is 0.340 e. The van der Waals surface area contributed by atoms with Gasteiger partial charge in [0.2, 0.25) is 5.91 Å². The van der Waals surface area contributed by atoms with E-state index in [1.54, 1.807) is 0 Å². The van der Waals surface area contributed by atoms with Gasteiger partial charge in [0, 0.05) is 43.8 Å². The lowest BCUT2D eigenvalue weighted by molar-refractivity contribution is -0.134. The molecular formula is C21H24N4O2. The van der Waals surface area contributed by atoms with E-state index in [1.165, 1.54) is 0 Å². The van der Waals surface area contributed by atoms with Gasteiger partial charge in [-0.2, -0.15) is 5.26 Å². The van der Waals surface area contributed by atoms with Crippen molar-refractivity contribution in [2.75, 3.05) is 26.2 Å². The molecule has 1 unspecified atom stereocenters. The number of fused-ring (bicyclic) bond motifs is 1. The molecule has 1 aliphatic carbocycles. The smallest absolute Gasteiger partial charge is 0.251 e. The average molecular weight is 364 g/mol. The first-order chi connectivity index (χ1) is 13.1. The zero-order valence-electron chi connectivity index (χ0n) is 15.6. The summed E-state index contributed by atoms with van der Waals surface area (Å²) in [6, 6.07) is 10.4. The maximum Gasteiger partial charge on any atom is 0.251 e. The third-order valence-electron chi connectivity index (χ3n) is 5.73. The minimum atomic E-state index is -0.0662. The number of nitrogens with zero attached hydrogens (tertiary/aromatic N) is 3. The number of nitriles is 1. The van der Waals surface area contributed by atoms with Crippen LogP contribution in [-0.2, 0) is 17.8 Å². The number of H-pyrrole nitrogens is 1. The monoisotopic (exact) mass is 364 g/mol. The van der Waals surface area contributed by atoms with Crippen LogP contribution in [0.15, 0.2) is 29.1 Å². The number of rotatable bonds is 4. The van der Waals surface area contributed by atoms with Crippen LogP contribution in [-0.4, -0.2) is 46.9 Å². The summed E-state index contributed by atoms with van der Waals surface area (Å²) in [7, 11) is 0. The highest BCUT2D eigenvalue weighted by Crippen LogP contribution is 2.39. The molecule has 0 radical (unpaired) electrons. The van der Waals surface area contributed by atoms with Crippen LogP contribution in [0.3, 0.4) is 0 Å². The van der Waals surface area contributed by atoms with Gasteiger partial charge >= 0.3 is 0 Å². The molecule has 27 heavy (non-hydrogen) atoms. The molecule has 0 bridgehead atoms. The van der Waals surface area contributed by atoms with Crippen molar-refractivity contribution in [3.05, 3.63) is 45.7 Å². The summed E-state index contributed by atoms with van der Waals surface area (Å²) in [5.74, 6) is 0.0200. The van der Waals surface area contributed by atoms with E-state index in [4.69, 9.17) is 5.26 Å². The van der Waals surface area contributed by atoms with Gasteiger partial charge in [-0.1, -0.05) is 19.1 Å². The maximum atomic E-state index is 12.3. The summed E-state index contributed by atoms with van der Waals surface area (Å²) in [6.45, 7) is 5.90. The van der Waals surface area contributed by atoms with E-state index in [0.717, 1.165) is 67.6 Å². The Morgan fingerprint density at radius 3 is 2.70 bits per heavy atom. The Labute approximate surface area is 158 Å². The van der Waals surface area contributed by atoms with E-state index < -0.39 is 0 Å². The van der Waals surface area contributed by atoms with Crippen LogP contribution in [0.25, 0.3) is 10.9 Å². The Balaban J connectivity index is 1.38. The second-order valence-corrected chi connectivity index (χ2v) is 7.58. The first kappa shape index (κ1) is 17.7. The predicted octanol–water partition coefficient (Wildman–Crippen LogP) is 1.89. The van der Waals surface area contributed by atoms with Gasteiger partial charge in [-0.05, 0) is 35.9 Å². The molecule has 2 fully saturated rings.